The molecule has 0 saturated heterocycles. The van der Waals surface area contributed by atoms with Crippen LogP contribution in [0.4, 0.5) is 5.69 Å². The van der Waals surface area contributed by atoms with Crippen molar-refractivity contribution in [3.63, 3.8) is 0 Å². The number of benzene rings is 2. The Kier molecular flexibility index (Phi) is 6.14. The molecule has 4 rings (SSSR count). The lowest BCUT2D eigenvalue weighted by molar-refractivity contribution is -0.118. The molecule has 0 atom stereocenters. The Morgan fingerprint density at radius 3 is 2.67 bits per heavy atom. The largest absolute Gasteiger partial charge is 0.484 e. The summed E-state index contributed by atoms with van der Waals surface area (Å²) in [5, 5.41) is 4.81. The molecule has 0 bridgehead atoms. The molecule has 0 unspecified atom stereocenters. The normalized spacial score (nSPS) is 12.9. The van der Waals surface area contributed by atoms with Gasteiger partial charge in [0.2, 0.25) is 0 Å². The maximum absolute atomic E-state index is 12.6. The van der Waals surface area contributed by atoms with Crippen molar-refractivity contribution < 1.29 is 14.3 Å². The van der Waals surface area contributed by atoms with Crippen LogP contribution in [-0.2, 0) is 24.2 Å². The van der Waals surface area contributed by atoms with E-state index >= 15 is 0 Å². The van der Waals surface area contributed by atoms with Gasteiger partial charge < -0.3 is 15.0 Å². The van der Waals surface area contributed by atoms with E-state index in [1.165, 1.54) is 22.5 Å². The molecule has 0 saturated carbocycles. The monoisotopic (exact) mass is 420 g/mol. The molecular weight excluding hydrogens is 396 g/mol. The van der Waals surface area contributed by atoms with Crippen LogP contribution in [0, 0.1) is 0 Å². The van der Waals surface area contributed by atoms with Gasteiger partial charge in [0.25, 0.3) is 11.8 Å². The lowest BCUT2D eigenvalue weighted by atomic mass is 9.99. The van der Waals surface area contributed by atoms with Crippen LogP contribution in [0.5, 0.6) is 5.75 Å². The van der Waals surface area contributed by atoms with E-state index in [2.05, 4.69) is 12.2 Å². The molecule has 2 heterocycles. The zero-order valence-corrected chi connectivity index (χ0v) is 17.7. The number of carbonyl (C=O) groups is 2. The molecule has 1 aromatic heterocycles. The Bertz CT molecular complexity index is 1030. The van der Waals surface area contributed by atoms with Crippen molar-refractivity contribution in [2.75, 3.05) is 18.5 Å². The summed E-state index contributed by atoms with van der Waals surface area (Å²) in [5.41, 5.74) is 4.23. The topological polar surface area (TPSA) is 58.6 Å². The smallest absolute Gasteiger partial charge is 0.264 e. The summed E-state index contributed by atoms with van der Waals surface area (Å²) in [4.78, 5) is 27.6. The molecule has 5 nitrogen and oxygen atoms in total. The molecule has 0 fully saturated rings. The van der Waals surface area contributed by atoms with Crippen LogP contribution in [0.2, 0.25) is 0 Å². The summed E-state index contributed by atoms with van der Waals surface area (Å²) < 4.78 is 5.58. The minimum Gasteiger partial charge on any atom is -0.484 e. The first-order valence-corrected chi connectivity index (χ1v) is 11.0. The van der Waals surface area contributed by atoms with Gasteiger partial charge in [-0.05, 0) is 65.2 Å². The molecule has 0 aliphatic carbocycles. The fraction of sp³-hybridized carbons (Fsp3) is 0.250. The van der Waals surface area contributed by atoms with Crippen molar-refractivity contribution in [3.05, 3.63) is 81.5 Å². The molecule has 30 heavy (non-hydrogen) atoms. The quantitative estimate of drug-likeness (QED) is 0.638. The first-order valence-electron chi connectivity index (χ1n) is 10.1. The van der Waals surface area contributed by atoms with E-state index < -0.39 is 0 Å². The van der Waals surface area contributed by atoms with Crippen LogP contribution in [-0.4, -0.2) is 29.9 Å². The third-order valence-electron chi connectivity index (χ3n) is 5.22. The minimum absolute atomic E-state index is 0.0501. The van der Waals surface area contributed by atoms with Gasteiger partial charge in [0.1, 0.15) is 5.75 Å². The number of anilines is 1. The molecule has 154 valence electrons. The first-order chi connectivity index (χ1) is 14.6. The van der Waals surface area contributed by atoms with Crippen molar-refractivity contribution in [1.29, 1.82) is 0 Å². The fourth-order valence-electron chi connectivity index (χ4n) is 3.53. The number of rotatable bonds is 6. The van der Waals surface area contributed by atoms with Crippen molar-refractivity contribution in [2.24, 2.45) is 0 Å². The summed E-state index contributed by atoms with van der Waals surface area (Å²) >= 11 is 1.46. The molecule has 2 amide bonds. The van der Waals surface area contributed by atoms with Crippen LogP contribution < -0.4 is 10.1 Å². The lowest BCUT2D eigenvalue weighted by Gasteiger charge is -2.29. The van der Waals surface area contributed by atoms with E-state index in [1.807, 2.05) is 64.9 Å². The van der Waals surface area contributed by atoms with Crippen molar-refractivity contribution in [2.45, 2.75) is 26.3 Å². The zero-order valence-electron chi connectivity index (χ0n) is 16.9. The Labute approximate surface area is 180 Å². The van der Waals surface area contributed by atoms with Crippen LogP contribution in [0.15, 0.2) is 60.0 Å². The standard InChI is InChI=1S/C24H24N2O3S/c1-2-17-5-9-21(10-6-17)29-16-23(27)25-20-8-7-18-11-12-26(15-19(18)14-20)24(28)22-4-3-13-30-22/h3-10,13-14H,2,11-12,15-16H2,1H3,(H,25,27). The highest BCUT2D eigenvalue weighted by Crippen LogP contribution is 2.25. The summed E-state index contributed by atoms with van der Waals surface area (Å²) in [6, 6.07) is 17.4. The average molecular weight is 421 g/mol. The molecule has 1 aliphatic heterocycles. The third kappa shape index (κ3) is 4.71. The molecule has 1 aliphatic rings. The van der Waals surface area contributed by atoms with Crippen LogP contribution in [0.3, 0.4) is 0 Å². The van der Waals surface area contributed by atoms with Crippen LogP contribution in [0.25, 0.3) is 0 Å². The predicted molar refractivity (Wildman–Crippen MR) is 119 cm³/mol. The van der Waals surface area contributed by atoms with E-state index in [0.717, 1.165) is 23.3 Å². The van der Waals surface area contributed by atoms with Gasteiger partial charge in [-0.3, -0.25) is 9.59 Å². The van der Waals surface area contributed by atoms with Gasteiger partial charge in [-0.1, -0.05) is 31.2 Å². The van der Waals surface area contributed by atoms with E-state index in [0.29, 0.717) is 24.5 Å². The maximum Gasteiger partial charge on any atom is 0.264 e. The molecule has 2 aromatic carbocycles. The summed E-state index contributed by atoms with van der Waals surface area (Å²) in [6.07, 6.45) is 1.78. The summed E-state index contributed by atoms with van der Waals surface area (Å²) in [7, 11) is 0. The molecule has 0 spiro atoms. The number of thiophene rings is 1. The number of aryl methyl sites for hydroxylation is 1. The maximum atomic E-state index is 12.6. The number of hydrogen-bond acceptors (Lipinski definition) is 4. The SMILES string of the molecule is CCc1ccc(OCC(=O)Nc2ccc3c(c2)CN(C(=O)c2cccs2)CC3)cc1. The van der Waals surface area contributed by atoms with E-state index in [-0.39, 0.29) is 18.4 Å². The number of carbonyl (C=O) groups excluding carboxylic acids is 2. The highest BCUT2D eigenvalue weighted by atomic mass is 32.1. The van der Waals surface area contributed by atoms with E-state index in [9.17, 15) is 9.59 Å². The molecule has 1 N–H and O–H groups in total. The minimum atomic E-state index is -0.211. The molecule has 0 radical (unpaired) electrons. The van der Waals surface area contributed by atoms with Gasteiger partial charge in [0.15, 0.2) is 6.61 Å². The van der Waals surface area contributed by atoms with Gasteiger partial charge in [-0.25, -0.2) is 0 Å². The van der Waals surface area contributed by atoms with E-state index in [1.54, 1.807) is 0 Å². The second kappa shape index (κ2) is 9.13. The number of ether oxygens (including phenoxy) is 1. The second-order valence-electron chi connectivity index (χ2n) is 7.27. The van der Waals surface area contributed by atoms with Crippen molar-refractivity contribution >= 4 is 28.8 Å². The highest BCUT2D eigenvalue weighted by Gasteiger charge is 2.22. The van der Waals surface area contributed by atoms with Crippen LogP contribution in [0.1, 0.15) is 33.3 Å². The Balaban J connectivity index is 1.36. The number of nitrogens with one attached hydrogen (secondary N) is 1. The Morgan fingerprint density at radius 2 is 1.93 bits per heavy atom. The van der Waals surface area contributed by atoms with Crippen molar-refractivity contribution in [1.82, 2.24) is 4.90 Å². The summed E-state index contributed by atoms with van der Waals surface area (Å²) in [5.74, 6) is 0.528. The molecule has 3 aromatic rings. The van der Waals surface area contributed by atoms with Crippen LogP contribution >= 0.6 is 11.3 Å². The van der Waals surface area contributed by atoms with Gasteiger partial charge >= 0.3 is 0 Å². The van der Waals surface area contributed by atoms with Crippen molar-refractivity contribution in [3.8, 4) is 5.75 Å². The predicted octanol–water partition coefficient (Wildman–Crippen LogP) is 4.53. The number of amides is 2. The highest BCUT2D eigenvalue weighted by molar-refractivity contribution is 7.12. The number of hydrogen-bond donors (Lipinski definition) is 1. The molecule has 6 heteroatoms. The van der Waals surface area contributed by atoms with Gasteiger partial charge in [-0.2, -0.15) is 0 Å². The third-order valence-corrected chi connectivity index (χ3v) is 6.08. The Morgan fingerprint density at radius 1 is 1.10 bits per heavy atom. The van der Waals surface area contributed by atoms with Gasteiger partial charge in [0, 0.05) is 18.8 Å². The Hall–Kier alpha value is -3.12. The average Bonchev–Trinajstić information content (AvgIpc) is 3.32. The van der Waals surface area contributed by atoms with E-state index in [4.69, 9.17) is 4.74 Å². The zero-order chi connectivity index (χ0) is 20.9. The molecular formula is C24H24N2O3S. The second-order valence-corrected chi connectivity index (χ2v) is 8.22. The van der Waals surface area contributed by atoms with Gasteiger partial charge in [-0.15, -0.1) is 11.3 Å². The first kappa shape index (κ1) is 20.2. The summed E-state index contributed by atoms with van der Waals surface area (Å²) in [6.45, 7) is 3.31. The fourth-order valence-corrected chi connectivity index (χ4v) is 4.22. The number of nitrogens with zero attached hydrogens (tertiary/aromatic N) is 1. The van der Waals surface area contributed by atoms with Gasteiger partial charge in [0.05, 0.1) is 4.88 Å². The lowest BCUT2D eigenvalue weighted by Crippen LogP contribution is -2.35. The number of fused-ring (bicyclic) bond motifs is 1.